The maximum absolute atomic E-state index is 12.5. The number of nitrogens with one attached hydrogen (secondary N) is 1. The van der Waals surface area contributed by atoms with Crippen LogP contribution in [0.4, 0.5) is 5.82 Å². The fraction of sp³-hybridized carbons (Fsp3) is 0.722. The van der Waals surface area contributed by atoms with Gasteiger partial charge in [0.05, 0.1) is 11.8 Å². The van der Waals surface area contributed by atoms with Crippen LogP contribution in [0.1, 0.15) is 44.2 Å². The summed E-state index contributed by atoms with van der Waals surface area (Å²) in [6.07, 6.45) is 6.45. The number of fused-ring (bicyclic) bond motifs is 1. The number of aryl methyl sites for hydroxylation is 1. The third-order valence-corrected chi connectivity index (χ3v) is 5.65. The number of hydrogen-bond acceptors (Lipinski definition) is 5. The lowest BCUT2D eigenvalue weighted by atomic mass is 9.91. The summed E-state index contributed by atoms with van der Waals surface area (Å²) in [6, 6.07) is 4.37. The zero-order valence-corrected chi connectivity index (χ0v) is 14.3. The van der Waals surface area contributed by atoms with Crippen molar-refractivity contribution in [3.63, 3.8) is 0 Å². The van der Waals surface area contributed by atoms with Gasteiger partial charge in [0.15, 0.2) is 5.82 Å². The maximum atomic E-state index is 12.5. The van der Waals surface area contributed by atoms with Crippen LogP contribution in [-0.4, -0.2) is 47.4 Å². The number of carbonyl (C=O) groups is 1. The van der Waals surface area contributed by atoms with Crippen molar-refractivity contribution in [1.29, 1.82) is 0 Å². The molecule has 0 aromatic carbocycles. The fourth-order valence-corrected chi connectivity index (χ4v) is 4.23. The van der Waals surface area contributed by atoms with Crippen LogP contribution in [0.15, 0.2) is 12.1 Å². The van der Waals surface area contributed by atoms with Crippen molar-refractivity contribution in [3.8, 4) is 0 Å². The van der Waals surface area contributed by atoms with E-state index < -0.39 is 0 Å². The molecule has 1 aromatic heterocycles. The van der Waals surface area contributed by atoms with Crippen LogP contribution in [0.2, 0.25) is 0 Å². The van der Waals surface area contributed by atoms with Crippen molar-refractivity contribution >= 4 is 11.7 Å². The molecule has 2 saturated heterocycles. The van der Waals surface area contributed by atoms with Crippen LogP contribution in [-0.2, 0) is 9.53 Å². The van der Waals surface area contributed by atoms with Crippen molar-refractivity contribution in [2.45, 2.75) is 63.7 Å². The number of nitrogens with zero attached hydrogens (tertiary/aromatic N) is 3. The van der Waals surface area contributed by atoms with E-state index in [0.29, 0.717) is 12.0 Å². The molecular weight excluding hydrogens is 304 g/mol. The molecule has 1 aromatic rings. The van der Waals surface area contributed by atoms with Gasteiger partial charge in [-0.05, 0) is 50.7 Å². The standard InChI is InChI=1S/C18H26N4O2/c1-12-6-7-17(21-20-12)22-9-8-13-10-15(24-16(13)11-22)18(23)19-14-4-2-3-5-14/h6-7,13-16H,2-5,8-11H2,1H3,(H,19,23)/t13-,15+,16+/m0/s1. The molecule has 0 radical (unpaired) electrons. The first kappa shape index (κ1) is 15.8. The third-order valence-electron chi connectivity index (χ3n) is 5.65. The van der Waals surface area contributed by atoms with Crippen molar-refractivity contribution in [3.05, 3.63) is 17.8 Å². The molecular formula is C18H26N4O2. The summed E-state index contributed by atoms with van der Waals surface area (Å²) in [5, 5.41) is 11.6. The van der Waals surface area contributed by atoms with Crippen molar-refractivity contribution in [1.82, 2.24) is 15.5 Å². The van der Waals surface area contributed by atoms with E-state index in [1.807, 2.05) is 19.1 Å². The summed E-state index contributed by atoms with van der Waals surface area (Å²) in [5.41, 5.74) is 0.925. The quantitative estimate of drug-likeness (QED) is 0.916. The second-order valence-corrected chi connectivity index (χ2v) is 7.42. The van der Waals surface area contributed by atoms with E-state index in [2.05, 4.69) is 20.4 Å². The number of piperidine rings is 1. The first-order valence-corrected chi connectivity index (χ1v) is 9.20. The average Bonchev–Trinajstić information content (AvgIpc) is 3.24. The Kier molecular flexibility index (Phi) is 4.39. The highest BCUT2D eigenvalue weighted by molar-refractivity contribution is 5.81. The van der Waals surface area contributed by atoms with Gasteiger partial charge < -0.3 is 15.0 Å². The lowest BCUT2D eigenvalue weighted by molar-refractivity contribution is -0.132. The molecule has 1 saturated carbocycles. The molecule has 4 rings (SSSR count). The number of ether oxygens (including phenoxy) is 1. The Bertz CT molecular complexity index is 585. The minimum Gasteiger partial charge on any atom is -0.363 e. The van der Waals surface area contributed by atoms with Gasteiger partial charge in [0, 0.05) is 19.1 Å². The lowest BCUT2D eigenvalue weighted by Gasteiger charge is -2.34. The van der Waals surface area contributed by atoms with Gasteiger partial charge in [0.1, 0.15) is 6.10 Å². The van der Waals surface area contributed by atoms with Gasteiger partial charge in [0.25, 0.3) is 0 Å². The number of rotatable bonds is 3. The van der Waals surface area contributed by atoms with E-state index in [0.717, 1.165) is 50.3 Å². The second-order valence-electron chi connectivity index (χ2n) is 7.42. The van der Waals surface area contributed by atoms with E-state index in [1.165, 1.54) is 12.8 Å². The Morgan fingerprint density at radius 2 is 2.08 bits per heavy atom. The van der Waals surface area contributed by atoms with Crippen molar-refractivity contribution < 1.29 is 9.53 Å². The number of hydrogen-bond donors (Lipinski definition) is 1. The number of amides is 1. The first-order valence-electron chi connectivity index (χ1n) is 9.20. The molecule has 24 heavy (non-hydrogen) atoms. The van der Waals surface area contributed by atoms with E-state index in [1.54, 1.807) is 0 Å². The monoisotopic (exact) mass is 330 g/mol. The highest BCUT2D eigenvalue weighted by Crippen LogP contribution is 2.34. The molecule has 3 aliphatic rings. The Labute approximate surface area is 143 Å². The molecule has 3 fully saturated rings. The molecule has 2 aliphatic heterocycles. The SMILES string of the molecule is Cc1ccc(N2CC[C@H]3C[C@H](C(=O)NC4CCCC4)O[C@@H]3C2)nn1. The summed E-state index contributed by atoms with van der Waals surface area (Å²) in [5.74, 6) is 1.48. The summed E-state index contributed by atoms with van der Waals surface area (Å²) in [4.78, 5) is 14.7. The molecule has 1 aliphatic carbocycles. The van der Waals surface area contributed by atoms with Crippen molar-refractivity contribution in [2.75, 3.05) is 18.0 Å². The molecule has 6 heteroatoms. The molecule has 3 atom stereocenters. The molecule has 130 valence electrons. The van der Waals surface area contributed by atoms with Crippen LogP contribution in [0, 0.1) is 12.8 Å². The summed E-state index contributed by atoms with van der Waals surface area (Å²) in [6.45, 7) is 3.70. The Hall–Kier alpha value is -1.69. The van der Waals surface area contributed by atoms with Gasteiger partial charge in [-0.3, -0.25) is 4.79 Å². The highest BCUT2D eigenvalue weighted by atomic mass is 16.5. The first-order chi connectivity index (χ1) is 11.7. The predicted octanol–water partition coefficient (Wildman–Crippen LogP) is 1.83. The summed E-state index contributed by atoms with van der Waals surface area (Å²) < 4.78 is 6.11. The van der Waals surface area contributed by atoms with Crippen LogP contribution in [0.25, 0.3) is 0 Å². The number of aromatic nitrogens is 2. The number of carbonyl (C=O) groups excluding carboxylic acids is 1. The highest BCUT2D eigenvalue weighted by Gasteiger charge is 2.42. The fourth-order valence-electron chi connectivity index (χ4n) is 4.23. The topological polar surface area (TPSA) is 67.4 Å². The summed E-state index contributed by atoms with van der Waals surface area (Å²) in [7, 11) is 0. The average molecular weight is 330 g/mol. The third kappa shape index (κ3) is 3.24. The largest absolute Gasteiger partial charge is 0.363 e. The normalized spacial score (nSPS) is 30.4. The zero-order valence-electron chi connectivity index (χ0n) is 14.3. The van der Waals surface area contributed by atoms with Crippen LogP contribution in [0.5, 0.6) is 0 Å². The molecule has 3 heterocycles. The van der Waals surface area contributed by atoms with E-state index in [-0.39, 0.29) is 18.1 Å². The predicted molar refractivity (Wildman–Crippen MR) is 90.8 cm³/mol. The second kappa shape index (κ2) is 6.67. The molecule has 0 spiro atoms. The number of anilines is 1. The summed E-state index contributed by atoms with van der Waals surface area (Å²) >= 11 is 0. The van der Waals surface area contributed by atoms with Gasteiger partial charge in [-0.15, -0.1) is 5.10 Å². The smallest absolute Gasteiger partial charge is 0.249 e. The molecule has 1 N–H and O–H groups in total. The Balaban J connectivity index is 1.35. The van der Waals surface area contributed by atoms with Crippen LogP contribution < -0.4 is 10.2 Å². The van der Waals surface area contributed by atoms with Gasteiger partial charge in [-0.2, -0.15) is 5.10 Å². The maximum Gasteiger partial charge on any atom is 0.249 e. The van der Waals surface area contributed by atoms with Crippen LogP contribution >= 0.6 is 0 Å². The Morgan fingerprint density at radius 3 is 2.83 bits per heavy atom. The Morgan fingerprint density at radius 1 is 1.25 bits per heavy atom. The zero-order chi connectivity index (χ0) is 16.5. The molecule has 0 unspecified atom stereocenters. The molecule has 1 amide bonds. The van der Waals surface area contributed by atoms with E-state index >= 15 is 0 Å². The minimum atomic E-state index is -0.273. The van der Waals surface area contributed by atoms with Gasteiger partial charge in [0.2, 0.25) is 5.91 Å². The molecule has 6 nitrogen and oxygen atoms in total. The van der Waals surface area contributed by atoms with Gasteiger partial charge >= 0.3 is 0 Å². The lowest BCUT2D eigenvalue weighted by Crippen LogP contribution is -2.43. The van der Waals surface area contributed by atoms with Gasteiger partial charge in [-0.25, -0.2) is 0 Å². The van der Waals surface area contributed by atoms with E-state index in [4.69, 9.17) is 4.74 Å². The molecule has 0 bridgehead atoms. The van der Waals surface area contributed by atoms with Crippen molar-refractivity contribution in [2.24, 2.45) is 5.92 Å². The minimum absolute atomic E-state index is 0.0953. The van der Waals surface area contributed by atoms with E-state index in [9.17, 15) is 4.79 Å². The van der Waals surface area contributed by atoms with Gasteiger partial charge in [-0.1, -0.05) is 12.8 Å². The van der Waals surface area contributed by atoms with Crippen LogP contribution in [0.3, 0.4) is 0 Å².